The van der Waals surface area contributed by atoms with Crippen molar-refractivity contribution in [2.75, 3.05) is 20.3 Å². The first-order valence-corrected chi connectivity index (χ1v) is 7.76. The molecular weight excluding hydrogens is 250 g/mol. The number of nitrogens with one attached hydrogen (secondary N) is 1. The summed E-state index contributed by atoms with van der Waals surface area (Å²) < 4.78 is 10.9. The van der Waals surface area contributed by atoms with Gasteiger partial charge in [-0.3, -0.25) is 0 Å². The quantitative estimate of drug-likeness (QED) is 0.830. The van der Waals surface area contributed by atoms with Crippen LogP contribution in [0.4, 0.5) is 0 Å². The molecule has 1 aliphatic rings. The molecule has 1 aliphatic heterocycles. The van der Waals surface area contributed by atoms with Gasteiger partial charge in [-0.1, -0.05) is 12.1 Å². The minimum atomic E-state index is 0.423. The summed E-state index contributed by atoms with van der Waals surface area (Å²) in [4.78, 5) is 0. The molecule has 3 heteroatoms. The topological polar surface area (TPSA) is 30.5 Å². The number of rotatable bonds is 7. The second-order valence-corrected chi connectivity index (χ2v) is 5.68. The van der Waals surface area contributed by atoms with E-state index in [0.29, 0.717) is 12.1 Å². The van der Waals surface area contributed by atoms with Crippen molar-refractivity contribution >= 4 is 0 Å². The van der Waals surface area contributed by atoms with Crippen molar-refractivity contribution in [2.24, 2.45) is 0 Å². The normalized spacial score (nSPS) is 20.6. The van der Waals surface area contributed by atoms with E-state index in [0.717, 1.165) is 31.7 Å². The van der Waals surface area contributed by atoms with Crippen LogP contribution in [0, 0.1) is 0 Å². The van der Waals surface area contributed by atoms with Gasteiger partial charge in [-0.2, -0.15) is 0 Å². The number of hydrogen-bond acceptors (Lipinski definition) is 3. The van der Waals surface area contributed by atoms with E-state index in [1.54, 1.807) is 7.11 Å². The highest BCUT2D eigenvalue weighted by atomic mass is 16.5. The van der Waals surface area contributed by atoms with Gasteiger partial charge in [-0.25, -0.2) is 0 Å². The van der Waals surface area contributed by atoms with Crippen molar-refractivity contribution < 1.29 is 9.47 Å². The molecule has 1 fully saturated rings. The van der Waals surface area contributed by atoms with E-state index in [1.807, 2.05) is 12.1 Å². The first kappa shape index (κ1) is 15.3. The molecular formula is C17H27NO2. The molecule has 0 saturated carbocycles. The van der Waals surface area contributed by atoms with E-state index in [4.69, 9.17) is 9.47 Å². The fraction of sp³-hybridized carbons (Fsp3) is 0.647. The summed E-state index contributed by atoms with van der Waals surface area (Å²) >= 11 is 0. The molecule has 0 amide bonds. The lowest BCUT2D eigenvalue weighted by Gasteiger charge is -2.24. The highest BCUT2D eigenvalue weighted by molar-refractivity contribution is 5.27. The second-order valence-electron chi connectivity index (χ2n) is 5.68. The Morgan fingerprint density at radius 2 is 2.10 bits per heavy atom. The molecule has 1 aromatic rings. The number of benzene rings is 1. The van der Waals surface area contributed by atoms with Crippen LogP contribution < -0.4 is 10.1 Å². The number of methoxy groups -OCH3 is 1. The molecule has 0 bridgehead atoms. The lowest BCUT2D eigenvalue weighted by Crippen LogP contribution is -2.36. The minimum Gasteiger partial charge on any atom is -0.497 e. The van der Waals surface area contributed by atoms with Gasteiger partial charge in [0.15, 0.2) is 0 Å². The molecule has 2 atom stereocenters. The average molecular weight is 277 g/mol. The maximum atomic E-state index is 5.74. The summed E-state index contributed by atoms with van der Waals surface area (Å²) in [7, 11) is 1.70. The summed E-state index contributed by atoms with van der Waals surface area (Å²) in [5.74, 6) is 0.925. The Morgan fingerprint density at radius 1 is 1.30 bits per heavy atom. The van der Waals surface area contributed by atoms with Gasteiger partial charge in [0.2, 0.25) is 0 Å². The van der Waals surface area contributed by atoms with E-state index >= 15 is 0 Å². The van der Waals surface area contributed by atoms with Crippen LogP contribution in [0.2, 0.25) is 0 Å². The van der Waals surface area contributed by atoms with Crippen LogP contribution in [-0.4, -0.2) is 32.4 Å². The van der Waals surface area contributed by atoms with E-state index in [-0.39, 0.29) is 0 Å². The Bertz CT molecular complexity index is 371. The Balaban J connectivity index is 1.64. The van der Waals surface area contributed by atoms with E-state index in [2.05, 4.69) is 24.4 Å². The maximum absolute atomic E-state index is 5.74. The first-order valence-electron chi connectivity index (χ1n) is 7.76. The van der Waals surface area contributed by atoms with Crippen LogP contribution >= 0.6 is 0 Å². The SMILES string of the molecule is COc1ccc(CCC(C)NCC2CCCCO2)cc1. The predicted molar refractivity (Wildman–Crippen MR) is 82.4 cm³/mol. The van der Waals surface area contributed by atoms with Gasteiger partial charge in [0.1, 0.15) is 5.75 Å². The third-order valence-electron chi connectivity index (χ3n) is 3.99. The third-order valence-corrected chi connectivity index (χ3v) is 3.99. The van der Waals surface area contributed by atoms with Crippen LogP contribution in [0.5, 0.6) is 5.75 Å². The van der Waals surface area contributed by atoms with Gasteiger partial charge in [-0.15, -0.1) is 0 Å². The fourth-order valence-electron chi connectivity index (χ4n) is 2.58. The maximum Gasteiger partial charge on any atom is 0.118 e. The lowest BCUT2D eigenvalue weighted by atomic mass is 10.1. The second kappa shape index (κ2) is 8.28. The van der Waals surface area contributed by atoms with E-state index in [1.165, 1.54) is 24.8 Å². The molecule has 112 valence electrons. The highest BCUT2D eigenvalue weighted by Gasteiger charge is 2.14. The predicted octanol–water partition coefficient (Wildman–Crippen LogP) is 3.18. The fourth-order valence-corrected chi connectivity index (χ4v) is 2.58. The van der Waals surface area contributed by atoms with Crippen molar-refractivity contribution in [3.8, 4) is 5.75 Å². The first-order chi connectivity index (χ1) is 9.78. The number of aryl methyl sites for hydroxylation is 1. The van der Waals surface area contributed by atoms with Crippen LogP contribution in [-0.2, 0) is 11.2 Å². The number of ether oxygens (including phenoxy) is 2. The van der Waals surface area contributed by atoms with Crippen LogP contribution in [0.3, 0.4) is 0 Å². The van der Waals surface area contributed by atoms with Crippen LogP contribution in [0.25, 0.3) is 0 Å². The minimum absolute atomic E-state index is 0.423. The van der Waals surface area contributed by atoms with Crippen molar-refractivity contribution in [3.05, 3.63) is 29.8 Å². The molecule has 1 aromatic carbocycles. The summed E-state index contributed by atoms with van der Waals surface area (Å²) in [6.07, 6.45) is 6.42. The zero-order chi connectivity index (χ0) is 14.2. The summed E-state index contributed by atoms with van der Waals surface area (Å²) in [6, 6.07) is 8.89. The van der Waals surface area contributed by atoms with Gasteiger partial charge in [0, 0.05) is 19.2 Å². The Labute approximate surface area is 122 Å². The van der Waals surface area contributed by atoms with E-state index in [9.17, 15) is 0 Å². The molecule has 0 spiro atoms. The van der Waals surface area contributed by atoms with Gasteiger partial charge < -0.3 is 14.8 Å². The van der Waals surface area contributed by atoms with Gasteiger partial charge in [0.05, 0.1) is 13.2 Å². The van der Waals surface area contributed by atoms with Crippen LogP contribution in [0.15, 0.2) is 24.3 Å². The van der Waals surface area contributed by atoms with Gasteiger partial charge >= 0.3 is 0 Å². The Kier molecular flexibility index (Phi) is 6.34. The number of hydrogen-bond donors (Lipinski definition) is 1. The Morgan fingerprint density at radius 3 is 2.75 bits per heavy atom. The van der Waals surface area contributed by atoms with E-state index < -0.39 is 0 Å². The molecule has 3 nitrogen and oxygen atoms in total. The zero-order valence-corrected chi connectivity index (χ0v) is 12.7. The zero-order valence-electron chi connectivity index (χ0n) is 12.7. The molecule has 0 aromatic heterocycles. The molecule has 2 rings (SSSR count). The molecule has 20 heavy (non-hydrogen) atoms. The average Bonchev–Trinajstić information content (AvgIpc) is 2.52. The standard InChI is InChI=1S/C17H27NO2/c1-14(18-13-17-5-3-4-12-20-17)6-7-15-8-10-16(19-2)11-9-15/h8-11,14,17-18H,3-7,12-13H2,1-2H3. The lowest BCUT2D eigenvalue weighted by molar-refractivity contribution is 0.0155. The highest BCUT2D eigenvalue weighted by Crippen LogP contribution is 2.14. The van der Waals surface area contributed by atoms with Gasteiger partial charge in [-0.05, 0) is 56.7 Å². The molecule has 0 radical (unpaired) electrons. The van der Waals surface area contributed by atoms with Crippen LogP contribution in [0.1, 0.15) is 38.2 Å². The molecule has 1 heterocycles. The largest absolute Gasteiger partial charge is 0.497 e. The molecule has 1 saturated heterocycles. The van der Waals surface area contributed by atoms with Crippen molar-refractivity contribution in [1.82, 2.24) is 5.32 Å². The van der Waals surface area contributed by atoms with Crippen molar-refractivity contribution in [3.63, 3.8) is 0 Å². The summed E-state index contributed by atoms with van der Waals surface area (Å²) in [5.41, 5.74) is 1.37. The molecule has 2 unspecified atom stereocenters. The van der Waals surface area contributed by atoms with Crippen molar-refractivity contribution in [2.45, 2.75) is 51.2 Å². The monoisotopic (exact) mass is 277 g/mol. The van der Waals surface area contributed by atoms with Crippen molar-refractivity contribution in [1.29, 1.82) is 0 Å². The summed E-state index contributed by atoms with van der Waals surface area (Å²) in [6.45, 7) is 4.18. The smallest absolute Gasteiger partial charge is 0.118 e. The third kappa shape index (κ3) is 5.14. The molecule has 0 aliphatic carbocycles. The van der Waals surface area contributed by atoms with Gasteiger partial charge in [0.25, 0.3) is 0 Å². The summed E-state index contributed by atoms with van der Waals surface area (Å²) in [5, 5.41) is 3.60. The molecule has 1 N–H and O–H groups in total. The Hall–Kier alpha value is -1.06.